The van der Waals surface area contributed by atoms with Crippen LogP contribution in [0.1, 0.15) is 25.1 Å². The molecule has 1 aliphatic heterocycles. The maximum atomic E-state index is 12.3. The molecular weight excluding hydrogens is 304 g/mol. The molecular formula is C18H26N4O2. The summed E-state index contributed by atoms with van der Waals surface area (Å²) in [6.07, 6.45) is 1.46. The first kappa shape index (κ1) is 17.1. The van der Waals surface area contributed by atoms with Crippen LogP contribution in [0.4, 0.5) is 0 Å². The van der Waals surface area contributed by atoms with E-state index in [0.717, 1.165) is 36.5 Å². The van der Waals surface area contributed by atoms with Crippen LogP contribution in [0.3, 0.4) is 0 Å². The summed E-state index contributed by atoms with van der Waals surface area (Å²) < 4.78 is 1.60. The zero-order chi connectivity index (χ0) is 17.3. The number of aliphatic hydroxyl groups is 1. The van der Waals surface area contributed by atoms with Gasteiger partial charge >= 0.3 is 0 Å². The van der Waals surface area contributed by atoms with E-state index in [0.29, 0.717) is 19.1 Å². The number of fused-ring (bicyclic) bond motifs is 1. The number of pyridine rings is 1. The third-order valence-electron chi connectivity index (χ3n) is 4.67. The van der Waals surface area contributed by atoms with Crippen molar-refractivity contribution in [1.29, 1.82) is 0 Å². The van der Waals surface area contributed by atoms with Gasteiger partial charge in [-0.2, -0.15) is 0 Å². The molecule has 1 saturated heterocycles. The predicted octanol–water partition coefficient (Wildman–Crippen LogP) is 0.890. The maximum Gasteiger partial charge on any atom is 0.258 e. The lowest BCUT2D eigenvalue weighted by Crippen LogP contribution is -2.53. The molecule has 0 aromatic carbocycles. The van der Waals surface area contributed by atoms with Gasteiger partial charge in [0.1, 0.15) is 5.65 Å². The molecule has 2 aromatic heterocycles. The van der Waals surface area contributed by atoms with Crippen molar-refractivity contribution in [3.05, 3.63) is 46.0 Å². The molecule has 2 aromatic rings. The van der Waals surface area contributed by atoms with Gasteiger partial charge in [-0.15, -0.1) is 0 Å². The van der Waals surface area contributed by atoms with Crippen molar-refractivity contribution in [3.8, 4) is 0 Å². The van der Waals surface area contributed by atoms with Crippen LogP contribution in [0.25, 0.3) is 5.65 Å². The van der Waals surface area contributed by atoms with E-state index in [9.17, 15) is 9.90 Å². The van der Waals surface area contributed by atoms with Gasteiger partial charge in [-0.05, 0) is 32.4 Å². The molecule has 6 heteroatoms. The van der Waals surface area contributed by atoms with Crippen LogP contribution in [-0.4, -0.2) is 62.6 Å². The van der Waals surface area contributed by atoms with Gasteiger partial charge in [-0.1, -0.05) is 6.07 Å². The van der Waals surface area contributed by atoms with E-state index in [-0.39, 0.29) is 11.7 Å². The zero-order valence-corrected chi connectivity index (χ0v) is 14.6. The number of aryl methyl sites for hydroxylation is 1. The first-order chi connectivity index (χ1) is 11.4. The van der Waals surface area contributed by atoms with Gasteiger partial charge in [0.15, 0.2) is 0 Å². The van der Waals surface area contributed by atoms with Crippen molar-refractivity contribution < 1.29 is 5.11 Å². The topological polar surface area (TPSA) is 61.1 Å². The molecule has 24 heavy (non-hydrogen) atoms. The Hall–Kier alpha value is -1.76. The van der Waals surface area contributed by atoms with Gasteiger partial charge in [-0.3, -0.25) is 19.0 Å². The van der Waals surface area contributed by atoms with E-state index >= 15 is 0 Å². The third-order valence-corrected chi connectivity index (χ3v) is 4.67. The lowest BCUT2D eigenvalue weighted by molar-refractivity contribution is 0.0418. The average molecular weight is 330 g/mol. The van der Waals surface area contributed by atoms with Crippen LogP contribution in [0.15, 0.2) is 29.2 Å². The van der Waals surface area contributed by atoms with Crippen molar-refractivity contribution in [1.82, 2.24) is 19.2 Å². The van der Waals surface area contributed by atoms with Gasteiger partial charge in [0.05, 0.1) is 11.8 Å². The first-order valence-corrected chi connectivity index (χ1v) is 8.56. The number of piperazine rings is 1. The second-order valence-electron chi connectivity index (χ2n) is 6.90. The molecule has 1 aliphatic rings. The normalized spacial score (nSPS) is 21.2. The van der Waals surface area contributed by atoms with Crippen LogP contribution >= 0.6 is 0 Å². The molecule has 0 bridgehead atoms. The summed E-state index contributed by atoms with van der Waals surface area (Å²) in [7, 11) is 0. The summed E-state index contributed by atoms with van der Waals surface area (Å²) in [5.74, 6) is 0. The summed E-state index contributed by atoms with van der Waals surface area (Å²) in [6, 6.07) is 5.87. The van der Waals surface area contributed by atoms with Crippen LogP contribution in [-0.2, 0) is 6.54 Å². The highest BCUT2D eigenvalue weighted by molar-refractivity contribution is 5.46. The Kier molecular flexibility index (Phi) is 4.99. The Labute approximate surface area is 142 Å². The van der Waals surface area contributed by atoms with E-state index < -0.39 is 0 Å². The molecule has 6 nitrogen and oxygen atoms in total. The summed E-state index contributed by atoms with van der Waals surface area (Å²) in [4.78, 5) is 21.6. The number of aliphatic hydroxyl groups excluding tert-OH is 1. The Morgan fingerprint density at radius 2 is 2.21 bits per heavy atom. The second kappa shape index (κ2) is 7.01. The predicted molar refractivity (Wildman–Crippen MR) is 94.2 cm³/mol. The van der Waals surface area contributed by atoms with Crippen molar-refractivity contribution in [2.24, 2.45) is 0 Å². The largest absolute Gasteiger partial charge is 0.392 e. The second-order valence-corrected chi connectivity index (χ2v) is 6.90. The van der Waals surface area contributed by atoms with Gasteiger partial charge in [0.2, 0.25) is 0 Å². The summed E-state index contributed by atoms with van der Waals surface area (Å²) in [5.41, 5.74) is 2.54. The Balaban J connectivity index is 1.74. The molecule has 3 heterocycles. The Bertz CT molecular complexity index is 771. The molecule has 130 valence electrons. The number of rotatable bonds is 4. The molecule has 2 atom stereocenters. The lowest BCUT2D eigenvalue weighted by Gasteiger charge is -2.40. The van der Waals surface area contributed by atoms with Crippen LogP contribution in [0, 0.1) is 6.92 Å². The quantitative estimate of drug-likeness (QED) is 0.902. The highest BCUT2D eigenvalue weighted by Crippen LogP contribution is 2.13. The smallest absolute Gasteiger partial charge is 0.258 e. The monoisotopic (exact) mass is 330 g/mol. The standard InChI is InChI=1S/C18H26N4O2/c1-13-5-4-6-22-17(24)9-16(19-18(13)22)12-20-7-8-21(11-15(3)23)14(2)10-20/h4-6,9,14-15,23H,7-8,10-12H2,1-3H3/t14-,15-/m1/s1. The van der Waals surface area contributed by atoms with Gasteiger partial charge < -0.3 is 5.11 Å². The van der Waals surface area contributed by atoms with Gasteiger partial charge in [0, 0.05) is 51.0 Å². The molecule has 0 saturated carbocycles. The molecule has 0 unspecified atom stereocenters. The highest BCUT2D eigenvalue weighted by Gasteiger charge is 2.24. The Morgan fingerprint density at radius 3 is 2.92 bits per heavy atom. The van der Waals surface area contributed by atoms with Crippen molar-refractivity contribution in [3.63, 3.8) is 0 Å². The fraction of sp³-hybridized carbons (Fsp3) is 0.556. The third kappa shape index (κ3) is 3.66. The molecule has 0 spiro atoms. The molecule has 0 radical (unpaired) electrons. The maximum absolute atomic E-state index is 12.3. The lowest BCUT2D eigenvalue weighted by atomic mass is 10.1. The Morgan fingerprint density at radius 1 is 1.42 bits per heavy atom. The first-order valence-electron chi connectivity index (χ1n) is 8.56. The molecule has 3 rings (SSSR count). The molecule has 1 N–H and O–H groups in total. The van der Waals surface area contributed by atoms with Crippen molar-refractivity contribution in [2.45, 2.75) is 39.5 Å². The SMILES string of the molecule is Cc1cccn2c(=O)cc(CN3CCN(C[C@@H](C)O)[C@H](C)C3)nc12. The molecule has 0 amide bonds. The van der Waals surface area contributed by atoms with Gasteiger partial charge in [-0.25, -0.2) is 4.98 Å². The van der Waals surface area contributed by atoms with E-state index in [4.69, 9.17) is 0 Å². The van der Waals surface area contributed by atoms with Gasteiger partial charge in [0.25, 0.3) is 5.56 Å². The number of hydrogen-bond acceptors (Lipinski definition) is 5. The van der Waals surface area contributed by atoms with E-state index in [1.165, 1.54) is 0 Å². The van der Waals surface area contributed by atoms with E-state index in [1.807, 2.05) is 26.0 Å². The number of hydrogen-bond donors (Lipinski definition) is 1. The number of nitrogens with zero attached hydrogens (tertiary/aromatic N) is 4. The van der Waals surface area contributed by atoms with Crippen LogP contribution < -0.4 is 5.56 Å². The fourth-order valence-corrected chi connectivity index (χ4v) is 3.44. The summed E-state index contributed by atoms with van der Waals surface area (Å²) in [6.45, 7) is 10.2. The summed E-state index contributed by atoms with van der Waals surface area (Å²) >= 11 is 0. The van der Waals surface area contributed by atoms with Crippen LogP contribution in [0.5, 0.6) is 0 Å². The fourth-order valence-electron chi connectivity index (χ4n) is 3.44. The van der Waals surface area contributed by atoms with Crippen molar-refractivity contribution in [2.75, 3.05) is 26.2 Å². The zero-order valence-electron chi connectivity index (χ0n) is 14.6. The van der Waals surface area contributed by atoms with E-state index in [2.05, 4.69) is 21.7 Å². The number of aromatic nitrogens is 2. The molecule has 1 fully saturated rings. The van der Waals surface area contributed by atoms with Crippen LogP contribution in [0.2, 0.25) is 0 Å². The van der Waals surface area contributed by atoms with Crippen molar-refractivity contribution >= 4 is 5.65 Å². The number of β-amino-alcohol motifs (C(OH)–C–C–N with tert-alkyl or cyclic N) is 1. The minimum Gasteiger partial charge on any atom is -0.392 e. The van der Waals surface area contributed by atoms with E-state index in [1.54, 1.807) is 16.7 Å². The highest BCUT2D eigenvalue weighted by atomic mass is 16.3. The summed E-state index contributed by atoms with van der Waals surface area (Å²) in [5, 5.41) is 9.58. The molecule has 0 aliphatic carbocycles. The minimum atomic E-state index is -0.302. The minimum absolute atomic E-state index is 0.0283. The average Bonchev–Trinajstić information content (AvgIpc) is 2.51.